The number of hydrogen-bond acceptors (Lipinski definition) is 5. The molecule has 1 rings (SSSR count). The van der Waals surface area contributed by atoms with Crippen LogP contribution in [0.4, 0.5) is 5.82 Å². The van der Waals surface area contributed by atoms with Gasteiger partial charge in [-0.3, -0.25) is 9.78 Å². The minimum Gasteiger partial charge on any atom is -0.481 e. The first-order valence-corrected chi connectivity index (χ1v) is 4.28. The van der Waals surface area contributed by atoms with Gasteiger partial charge in [-0.1, -0.05) is 0 Å². The average molecular weight is 206 g/mol. The van der Waals surface area contributed by atoms with Crippen molar-refractivity contribution in [2.75, 3.05) is 18.5 Å². The zero-order valence-corrected chi connectivity index (χ0v) is 8.21. The van der Waals surface area contributed by atoms with Crippen molar-refractivity contribution >= 4 is 11.8 Å². The maximum atomic E-state index is 10.3. The normalized spacial score (nSPS) is 9.33. The molecule has 0 unspecified atom stereocenters. The third-order valence-corrected chi connectivity index (χ3v) is 1.79. The van der Waals surface area contributed by atoms with Crippen molar-refractivity contribution in [1.82, 2.24) is 9.97 Å². The SMILES string of the molecule is CN(CCC(=O)O)c1cncc(C#N)n1. The highest BCUT2D eigenvalue weighted by atomic mass is 16.4. The van der Waals surface area contributed by atoms with Gasteiger partial charge >= 0.3 is 5.97 Å². The summed E-state index contributed by atoms with van der Waals surface area (Å²) in [5, 5.41) is 17.1. The van der Waals surface area contributed by atoms with Gasteiger partial charge in [-0.2, -0.15) is 5.26 Å². The summed E-state index contributed by atoms with van der Waals surface area (Å²) in [6.45, 7) is 0.332. The quantitative estimate of drug-likeness (QED) is 0.759. The van der Waals surface area contributed by atoms with Gasteiger partial charge in [0.25, 0.3) is 0 Å². The molecular formula is C9H10N4O2. The van der Waals surface area contributed by atoms with Crippen molar-refractivity contribution < 1.29 is 9.90 Å². The lowest BCUT2D eigenvalue weighted by molar-refractivity contribution is -0.136. The molecule has 0 aliphatic rings. The van der Waals surface area contributed by atoms with Gasteiger partial charge in [-0.05, 0) is 0 Å². The zero-order chi connectivity index (χ0) is 11.3. The van der Waals surface area contributed by atoms with Gasteiger partial charge < -0.3 is 10.0 Å². The van der Waals surface area contributed by atoms with Crippen LogP contribution in [0.5, 0.6) is 0 Å². The lowest BCUT2D eigenvalue weighted by Crippen LogP contribution is -2.22. The number of carbonyl (C=O) groups is 1. The van der Waals surface area contributed by atoms with Crippen LogP contribution in [-0.2, 0) is 4.79 Å². The van der Waals surface area contributed by atoms with Crippen LogP contribution in [0.25, 0.3) is 0 Å². The predicted octanol–water partition coefficient (Wildman–Crippen LogP) is 0.259. The molecule has 78 valence electrons. The van der Waals surface area contributed by atoms with Crippen molar-refractivity contribution in [3.8, 4) is 6.07 Å². The first-order valence-electron chi connectivity index (χ1n) is 4.28. The van der Waals surface area contributed by atoms with Crippen LogP contribution in [-0.4, -0.2) is 34.6 Å². The van der Waals surface area contributed by atoms with Gasteiger partial charge in [0.15, 0.2) is 5.69 Å². The Morgan fingerprint density at radius 2 is 2.40 bits per heavy atom. The number of rotatable bonds is 4. The fraction of sp³-hybridized carbons (Fsp3) is 0.333. The van der Waals surface area contributed by atoms with E-state index in [1.165, 1.54) is 12.4 Å². The molecule has 0 aliphatic heterocycles. The summed E-state index contributed by atoms with van der Waals surface area (Å²) in [6, 6.07) is 1.87. The Morgan fingerprint density at radius 1 is 1.67 bits per heavy atom. The molecule has 0 radical (unpaired) electrons. The van der Waals surface area contributed by atoms with E-state index >= 15 is 0 Å². The summed E-state index contributed by atoms with van der Waals surface area (Å²) in [5.74, 6) is -0.374. The number of carboxylic acids is 1. The number of nitrogens with zero attached hydrogens (tertiary/aromatic N) is 4. The lowest BCUT2D eigenvalue weighted by Gasteiger charge is -2.15. The minimum absolute atomic E-state index is 0.0228. The van der Waals surface area contributed by atoms with Gasteiger partial charge in [0.1, 0.15) is 11.9 Å². The summed E-state index contributed by atoms with van der Waals surface area (Å²) in [7, 11) is 1.70. The van der Waals surface area contributed by atoms with Crippen molar-refractivity contribution in [1.29, 1.82) is 5.26 Å². The first kappa shape index (κ1) is 10.9. The summed E-state index contributed by atoms with van der Waals surface area (Å²) in [5.41, 5.74) is 0.217. The molecule has 1 aromatic rings. The van der Waals surface area contributed by atoms with E-state index in [0.717, 1.165) is 0 Å². The Morgan fingerprint density at radius 3 is 3.00 bits per heavy atom. The smallest absolute Gasteiger partial charge is 0.305 e. The van der Waals surface area contributed by atoms with Crippen molar-refractivity contribution in [3.63, 3.8) is 0 Å². The highest BCUT2D eigenvalue weighted by Gasteiger charge is 2.06. The third kappa shape index (κ3) is 3.23. The number of nitriles is 1. The largest absolute Gasteiger partial charge is 0.481 e. The average Bonchev–Trinajstić information content (AvgIpc) is 2.26. The Bertz CT molecular complexity index is 399. The van der Waals surface area contributed by atoms with Gasteiger partial charge in [-0.25, -0.2) is 4.98 Å². The lowest BCUT2D eigenvalue weighted by atomic mass is 10.4. The third-order valence-electron chi connectivity index (χ3n) is 1.79. The number of carboxylic acid groups (broad SMARTS) is 1. The second-order valence-corrected chi connectivity index (χ2v) is 2.94. The zero-order valence-electron chi connectivity index (χ0n) is 8.21. The van der Waals surface area contributed by atoms with E-state index in [-0.39, 0.29) is 12.1 Å². The van der Waals surface area contributed by atoms with Gasteiger partial charge in [-0.15, -0.1) is 0 Å². The second-order valence-electron chi connectivity index (χ2n) is 2.94. The molecule has 1 heterocycles. The Labute approximate surface area is 86.8 Å². The maximum absolute atomic E-state index is 10.3. The standard InChI is InChI=1S/C9H10N4O2/c1-13(3-2-9(14)15)8-6-11-5-7(4-10)12-8/h5-6H,2-3H2,1H3,(H,14,15). The van der Waals surface area contributed by atoms with E-state index in [2.05, 4.69) is 9.97 Å². The molecule has 1 aromatic heterocycles. The minimum atomic E-state index is -0.869. The summed E-state index contributed by atoms with van der Waals surface area (Å²) >= 11 is 0. The van der Waals surface area contributed by atoms with E-state index in [4.69, 9.17) is 10.4 Å². The molecule has 15 heavy (non-hydrogen) atoms. The van der Waals surface area contributed by atoms with E-state index in [1.807, 2.05) is 6.07 Å². The first-order chi connectivity index (χ1) is 7.13. The van der Waals surface area contributed by atoms with E-state index in [1.54, 1.807) is 11.9 Å². The molecule has 6 nitrogen and oxygen atoms in total. The Hall–Kier alpha value is -2.16. The molecule has 0 spiro atoms. The fourth-order valence-corrected chi connectivity index (χ4v) is 0.971. The summed E-state index contributed by atoms with van der Waals surface area (Å²) in [4.78, 5) is 19.8. The van der Waals surface area contributed by atoms with E-state index in [0.29, 0.717) is 12.4 Å². The van der Waals surface area contributed by atoms with E-state index < -0.39 is 5.97 Å². The maximum Gasteiger partial charge on any atom is 0.305 e. The van der Waals surface area contributed by atoms with Crippen LogP contribution in [0.1, 0.15) is 12.1 Å². The number of anilines is 1. The highest BCUT2D eigenvalue weighted by molar-refractivity contribution is 5.67. The topological polar surface area (TPSA) is 90.1 Å². The molecule has 0 amide bonds. The molecule has 0 saturated carbocycles. The van der Waals surface area contributed by atoms with Gasteiger partial charge in [0.2, 0.25) is 0 Å². The molecule has 0 aromatic carbocycles. The summed E-state index contributed by atoms with van der Waals surface area (Å²) < 4.78 is 0. The van der Waals surface area contributed by atoms with Crippen LogP contribution in [0, 0.1) is 11.3 Å². The van der Waals surface area contributed by atoms with Crippen molar-refractivity contribution in [2.45, 2.75) is 6.42 Å². The van der Waals surface area contributed by atoms with Crippen LogP contribution in [0.2, 0.25) is 0 Å². The molecule has 0 bridgehead atoms. The van der Waals surface area contributed by atoms with Gasteiger partial charge in [0.05, 0.1) is 18.8 Å². The van der Waals surface area contributed by atoms with Crippen LogP contribution in [0.15, 0.2) is 12.4 Å². The second kappa shape index (κ2) is 4.91. The van der Waals surface area contributed by atoms with Gasteiger partial charge in [0, 0.05) is 13.6 Å². The number of aliphatic carboxylic acids is 1. The monoisotopic (exact) mass is 206 g/mol. The Balaban J connectivity index is 2.69. The molecule has 0 aliphatic carbocycles. The van der Waals surface area contributed by atoms with Crippen LogP contribution < -0.4 is 4.90 Å². The predicted molar refractivity (Wildman–Crippen MR) is 52.3 cm³/mol. The Kier molecular flexibility index (Phi) is 3.57. The molecule has 0 saturated heterocycles. The molecule has 0 fully saturated rings. The molecule has 1 N–H and O–H groups in total. The van der Waals surface area contributed by atoms with Crippen molar-refractivity contribution in [3.05, 3.63) is 18.1 Å². The fourth-order valence-electron chi connectivity index (χ4n) is 0.971. The number of aromatic nitrogens is 2. The van der Waals surface area contributed by atoms with E-state index in [9.17, 15) is 4.79 Å². The highest BCUT2D eigenvalue weighted by Crippen LogP contribution is 2.07. The number of hydrogen-bond donors (Lipinski definition) is 1. The summed E-state index contributed by atoms with van der Waals surface area (Å²) in [6.07, 6.45) is 2.87. The molecule has 6 heteroatoms. The van der Waals surface area contributed by atoms with Crippen molar-refractivity contribution in [2.24, 2.45) is 0 Å². The molecule has 0 atom stereocenters. The molecular weight excluding hydrogens is 196 g/mol. The van der Waals surface area contributed by atoms with Crippen LogP contribution in [0.3, 0.4) is 0 Å². The van der Waals surface area contributed by atoms with Crippen LogP contribution >= 0.6 is 0 Å².